The molecule has 0 saturated carbocycles. The van der Waals surface area contributed by atoms with E-state index in [9.17, 15) is 0 Å². The van der Waals surface area contributed by atoms with Crippen LogP contribution in [0.25, 0.3) is 0 Å². The van der Waals surface area contributed by atoms with E-state index in [1.807, 2.05) is 4.68 Å². The molecule has 0 spiro atoms. The molecule has 156 valence electrons. The van der Waals surface area contributed by atoms with Crippen molar-refractivity contribution in [3.05, 3.63) is 24.7 Å². The molecular formula is C23H45N3U. The van der Waals surface area contributed by atoms with E-state index >= 15 is 0 Å². The van der Waals surface area contributed by atoms with Crippen LogP contribution in [0.4, 0.5) is 0 Å². The first-order valence-corrected chi connectivity index (χ1v) is 10.7. The Hall–Kier alpha value is 0.192. The van der Waals surface area contributed by atoms with E-state index in [4.69, 9.17) is 0 Å². The Morgan fingerprint density at radius 2 is 1.48 bits per heavy atom. The number of hydrogen-bond donors (Lipinski definition) is 0. The summed E-state index contributed by atoms with van der Waals surface area (Å²) in [5.41, 5.74) is 1.63. The minimum absolute atomic E-state index is 0. The number of hydrogen-bond acceptors (Lipinski definition) is 2. The topological polar surface area (TPSA) is 30.7 Å². The molecule has 0 aromatic carbocycles. The molecule has 0 aliphatic rings. The predicted molar refractivity (Wildman–Crippen MR) is 115 cm³/mol. The summed E-state index contributed by atoms with van der Waals surface area (Å²) < 4.78 is 2.01. The van der Waals surface area contributed by atoms with Crippen molar-refractivity contribution in [2.75, 3.05) is 0 Å². The third kappa shape index (κ3) is 22.3. The Morgan fingerprint density at radius 3 is 2.04 bits per heavy atom. The molecule has 1 aromatic heterocycles. The molecule has 27 heavy (non-hydrogen) atoms. The smallest absolute Gasteiger partial charge is 0.343 e. The van der Waals surface area contributed by atoms with Crippen molar-refractivity contribution in [3.8, 4) is 0 Å². The summed E-state index contributed by atoms with van der Waals surface area (Å²) in [6, 6.07) is 0. The molecule has 0 N–H and O–H groups in total. The third-order valence-electron chi connectivity index (χ3n) is 4.08. The van der Waals surface area contributed by atoms with Gasteiger partial charge in [-0.2, -0.15) is 27.2 Å². The van der Waals surface area contributed by atoms with Gasteiger partial charge in [0.1, 0.15) is 0 Å². The third-order valence-corrected chi connectivity index (χ3v) is 4.08. The van der Waals surface area contributed by atoms with E-state index < -0.39 is 0 Å². The molecule has 0 unspecified atom stereocenters. The van der Waals surface area contributed by atoms with Crippen LogP contribution in [0.3, 0.4) is 0 Å². The van der Waals surface area contributed by atoms with Gasteiger partial charge in [-0.15, -0.1) is 5.10 Å². The molecular weight excluding hydrogens is 556 g/mol. The van der Waals surface area contributed by atoms with Gasteiger partial charge in [0.15, 0.2) is 0 Å². The van der Waals surface area contributed by atoms with Crippen LogP contribution >= 0.6 is 0 Å². The summed E-state index contributed by atoms with van der Waals surface area (Å²) in [5.74, 6) is 1.42. The number of unbranched alkanes of at least 4 members (excludes halogenated alkanes) is 7. The van der Waals surface area contributed by atoms with Crippen molar-refractivity contribution < 1.29 is 31.1 Å². The van der Waals surface area contributed by atoms with Crippen molar-refractivity contribution in [2.45, 2.75) is 119 Å². The van der Waals surface area contributed by atoms with Gasteiger partial charge in [-0.25, -0.2) is 0 Å². The van der Waals surface area contributed by atoms with E-state index in [1.165, 1.54) is 63.7 Å². The van der Waals surface area contributed by atoms with Crippen LogP contribution in [0.2, 0.25) is 0 Å². The van der Waals surface area contributed by atoms with Crippen LogP contribution < -0.4 is 0 Å². The standard InChI is InChI=1S/C19H36N3.C4H9.U/c1-5-6-11-14-18-17-22(21-20-18)16-13-10-8-7-9-12-15-19(2,3)4;1-4(2)3;/h17H,1,5-16H2,2-4H3;1-3H3;/q2*-1;+2. The zero-order valence-electron chi connectivity index (χ0n) is 19.1. The summed E-state index contributed by atoms with van der Waals surface area (Å²) >= 11 is 0. The van der Waals surface area contributed by atoms with Crippen LogP contribution in [0.15, 0.2) is 6.20 Å². The fourth-order valence-electron chi connectivity index (χ4n) is 2.68. The molecule has 1 heterocycles. The van der Waals surface area contributed by atoms with Crippen LogP contribution in [0, 0.1) is 49.4 Å². The molecule has 3 nitrogen and oxygen atoms in total. The zero-order valence-corrected chi connectivity index (χ0v) is 23.3. The van der Waals surface area contributed by atoms with Gasteiger partial charge in [-0.3, -0.25) is 4.68 Å². The second-order valence-electron chi connectivity index (χ2n) is 9.22. The Morgan fingerprint density at radius 1 is 0.926 bits per heavy atom. The number of aromatic nitrogens is 3. The number of nitrogens with zero attached hydrogens (tertiary/aromatic N) is 3. The summed E-state index contributed by atoms with van der Waals surface area (Å²) in [4.78, 5) is 0. The molecule has 0 atom stereocenters. The van der Waals surface area contributed by atoms with E-state index in [1.54, 1.807) is 0 Å². The fourth-order valence-corrected chi connectivity index (χ4v) is 2.68. The van der Waals surface area contributed by atoms with Crippen molar-refractivity contribution in [3.63, 3.8) is 0 Å². The Kier molecular flexibility index (Phi) is 19.9. The normalized spacial score (nSPS) is 11.1. The average Bonchev–Trinajstić information content (AvgIpc) is 2.96. The van der Waals surface area contributed by atoms with E-state index in [2.05, 4.69) is 65.0 Å². The maximum atomic E-state index is 4.24. The van der Waals surface area contributed by atoms with Crippen molar-refractivity contribution in [1.29, 1.82) is 0 Å². The molecule has 0 saturated heterocycles. The van der Waals surface area contributed by atoms with Gasteiger partial charge in [-0.05, 0) is 24.7 Å². The average molecular weight is 602 g/mol. The van der Waals surface area contributed by atoms with Gasteiger partial charge >= 0.3 is 31.1 Å². The molecule has 0 fully saturated rings. The molecule has 0 radical (unpaired) electrons. The van der Waals surface area contributed by atoms with E-state index in [0.717, 1.165) is 25.1 Å². The minimum atomic E-state index is 0. The number of aryl methyl sites for hydroxylation is 2. The molecule has 0 aliphatic heterocycles. The van der Waals surface area contributed by atoms with Gasteiger partial charge in [0.25, 0.3) is 0 Å². The van der Waals surface area contributed by atoms with Crippen molar-refractivity contribution in [1.82, 2.24) is 15.0 Å². The summed E-state index contributed by atoms with van der Waals surface area (Å²) in [5, 5.41) is 8.46. The van der Waals surface area contributed by atoms with Crippen LogP contribution in [0.1, 0.15) is 111 Å². The van der Waals surface area contributed by atoms with E-state index in [0.29, 0.717) is 5.41 Å². The van der Waals surface area contributed by atoms with Crippen LogP contribution in [-0.4, -0.2) is 15.0 Å². The monoisotopic (exact) mass is 601 g/mol. The molecule has 0 amide bonds. The largest absolute Gasteiger partial charge is 2.00 e. The van der Waals surface area contributed by atoms with Crippen LogP contribution in [0.5, 0.6) is 0 Å². The molecule has 0 bridgehead atoms. The van der Waals surface area contributed by atoms with Gasteiger partial charge in [-0.1, -0.05) is 70.9 Å². The fraction of sp³-hybridized carbons (Fsp3) is 0.826. The van der Waals surface area contributed by atoms with Gasteiger partial charge in [0.2, 0.25) is 0 Å². The van der Waals surface area contributed by atoms with Crippen molar-refractivity contribution >= 4 is 0 Å². The molecule has 0 aliphatic carbocycles. The quantitative estimate of drug-likeness (QED) is 0.187. The van der Waals surface area contributed by atoms with E-state index in [-0.39, 0.29) is 31.1 Å². The van der Waals surface area contributed by atoms with Crippen LogP contribution in [-0.2, 0) is 13.0 Å². The Labute approximate surface area is 194 Å². The van der Waals surface area contributed by atoms with Gasteiger partial charge in [0.05, 0.1) is 5.69 Å². The SMILES string of the molecule is C[C-](C)C.[CH2-]CCCCc1cn(CCCCCCCCC(C)(C)C)nn1.[U+2]. The molecule has 1 aromatic rings. The predicted octanol–water partition coefficient (Wildman–Crippen LogP) is 7.22. The Bertz CT molecular complexity index is 419. The van der Waals surface area contributed by atoms with Gasteiger partial charge in [0, 0.05) is 12.7 Å². The Balaban J connectivity index is 0. The maximum absolute atomic E-state index is 4.24. The first kappa shape index (κ1) is 29.4. The van der Waals surface area contributed by atoms with Gasteiger partial charge < -0.3 is 12.8 Å². The number of rotatable bonds is 12. The maximum Gasteiger partial charge on any atom is 2.00 e. The molecule has 1 rings (SSSR count). The molecule has 4 heteroatoms. The first-order valence-electron chi connectivity index (χ1n) is 10.7. The second kappa shape index (κ2) is 18.2. The summed E-state index contributed by atoms with van der Waals surface area (Å²) in [6.45, 7) is 18.1. The summed E-state index contributed by atoms with van der Waals surface area (Å²) in [7, 11) is 0. The minimum Gasteiger partial charge on any atom is -0.343 e. The second-order valence-corrected chi connectivity index (χ2v) is 9.22. The summed E-state index contributed by atoms with van der Waals surface area (Å²) in [6.07, 6.45) is 15.9. The first-order chi connectivity index (χ1) is 12.2. The zero-order chi connectivity index (χ0) is 19.8. The van der Waals surface area contributed by atoms with Crippen molar-refractivity contribution in [2.24, 2.45) is 5.41 Å².